The normalized spacial score (nSPS) is 10.8. The molecule has 2 nitrogen and oxygen atoms in total. The average molecular weight is 212 g/mol. The van der Waals surface area contributed by atoms with Gasteiger partial charge in [0.25, 0.3) is 6.43 Å². The number of pyridine rings is 1. The van der Waals surface area contributed by atoms with Crippen LogP contribution in [0, 0.1) is 5.95 Å². The lowest BCUT2D eigenvalue weighted by Crippen LogP contribution is -1.98. The monoisotopic (exact) mass is 211 g/mol. The third kappa shape index (κ3) is 2.03. The maximum absolute atomic E-state index is 12.8. The third-order valence-electron chi connectivity index (χ3n) is 1.41. The number of halogens is 4. The molecule has 1 N–H and O–H groups in total. The van der Waals surface area contributed by atoms with Gasteiger partial charge in [-0.3, -0.25) is 0 Å². The molecule has 0 saturated carbocycles. The fourth-order valence-corrected chi connectivity index (χ4v) is 0.975. The summed E-state index contributed by atoms with van der Waals surface area (Å²) in [5, 5.41) is 8.95. The summed E-state index contributed by atoms with van der Waals surface area (Å²) in [7, 11) is 0. The molecule has 0 fully saturated rings. The first kappa shape index (κ1) is 10.1. The molecule has 0 unspecified atom stereocenters. The van der Waals surface area contributed by atoms with Crippen molar-refractivity contribution in [1.82, 2.24) is 4.98 Å². The number of aromatic nitrogens is 1. The van der Waals surface area contributed by atoms with Gasteiger partial charge in [0.1, 0.15) is 5.75 Å². The van der Waals surface area contributed by atoms with Crippen LogP contribution in [-0.4, -0.2) is 10.1 Å². The Bertz CT molecular complexity index is 319. The molecule has 6 heteroatoms. The maximum Gasteiger partial charge on any atom is 0.284 e. The van der Waals surface area contributed by atoms with Crippen molar-refractivity contribution >= 4 is 11.6 Å². The first-order valence-electron chi connectivity index (χ1n) is 3.28. The number of hydrogen-bond acceptors (Lipinski definition) is 2. The molecule has 1 aromatic rings. The molecule has 1 heterocycles. The van der Waals surface area contributed by atoms with E-state index in [0.717, 1.165) is 6.07 Å². The molecule has 13 heavy (non-hydrogen) atoms. The fraction of sp³-hybridized carbons (Fsp3) is 0.286. The van der Waals surface area contributed by atoms with Crippen LogP contribution in [0.1, 0.15) is 17.7 Å². The summed E-state index contributed by atoms with van der Waals surface area (Å²) in [6.07, 6.45) is -3.00. The van der Waals surface area contributed by atoms with Crippen molar-refractivity contribution in [1.29, 1.82) is 0 Å². The largest absolute Gasteiger partial charge is 0.506 e. The second-order valence-electron chi connectivity index (χ2n) is 2.28. The van der Waals surface area contributed by atoms with E-state index in [1.165, 1.54) is 0 Å². The molecule has 1 aromatic heterocycles. The Kier molecular flexibility index (Phi) is 2.98. The van der Waals surface area contributed by atoms with Crippen LogP contribution in [0.4, 0.5) is 13.2 Å². The van der Waals surface area contributed by atoms with E-state index in [1.807, 2.05) is 0 Å². The van der Waals surface area contributed by atoms with Crippen LogP contribution >= 0.6 is 11.6 Å². The smallest absolute Gasteiger partial charge is 0.284 e. The van der Waals surface area contributed by atoms with Crippen LogP contribution in [0.5, 0.6) is 5.75 Å². The average Bonchev–Trinajstić information content (AvgIpc) is 2.07. The van der Waals surface area contributed by atoms with E-state index in [0.29, 0.717) is 0 Å². The zero-order valence-corrected chi connectivity index (χ0v) is 7.02. The van der Waals surface area contributed by atoms with Crippen LogP contribution < -0.4 is 0 Å². The third-order valence-corrected chi connectivity index (χ3v) is 1.70. The lowest BCUT2D eigenvalue weighted by molar-refractivity contribution is 0.140. The minimum atomic E-state index is -3.00. The van der Waals surface area contributed by atoms with Crippen molar-refractivity contribution in [2.75, 3.05) is 0 Å². The summed E-state index contributed by atoms with van der Waals surface area (Å²) in [4.78, 5) is 2.89. The molecule has 1 rings (SSSR count). The van der Waals surface area contributed by atoms with Crippen molar-refractivity contribution < 1.29 is 18.3 Å². The molecule has 0 aliphatic heterocycles. The molecule has 0 aromatic carbocycles. The lowest BCUT2D eigenvalue weighted by atomic mass is 10.2. The van der Waals surface area contributed by atoms with Crippen LogP contribution in [0.2, 0.25) is 0 Å². The standard InChI is InChI=1S/C7H5ClF3NO/c8-2-3-1-4(13)5(6(9)10)12-7(3)11/h1,6,13H,2H2. The summed E-state index contributed by atoms with van der Waals surface area (Å²) in [5.41, 5.74) is -1.07. The van der Waals surface area contributed by atoms with Crippen molar-refractivity contribution in [3.8, 4) is 5.75 Å². The highest BCUT2D eigenvalue weighted by Gasteiger charge is 2.17. The van der Waals surface area contributed by atoms with E-state index in [4.69, 9.17) is 16.7 Å². The quantitative estimate of drug-likeness (QED) is 0.603. The second kappa shape index (κ2) is 3.83. The Hall–Kier alpha value is -0.970. The van der Waals surface area contributed by atoms with E-state index in [2.05, 4.69) is 4.98 Å². The predicted octanol–water partition coefficient (Wildman–Crippen LogP) is 2.60. The topological polar surface area (TPSA) is 33.1 Å². The Morgan fingerprint density at radius 2 is 2.15 bits per heavy atom. The predicted molar refractivity (Wildman–Crippen MR) is 40.4 cm³/mol. The summed E-state index contributed by atoms with van der Waals surface area (Å²) >= 11 is 5.26. The maximum atomic E-state index is 12.8. The Morgan fingerprint density at radius 1 is 1.54 bits per heavy atom. The highest BCUT2D eigenvalue weighted by Crippen LogP contribution is 2.28. The molecule has 0 aliphatic rings. The number of rotatable bonds is 2. The van der Waals surface area contributed by atoms with Crippen LogP contribution in [0.25, 0.3) is 0 Å². The molecule has 0 saturated heterocycles. The lowest BCUT2D eigenvalue weighted by Gasteiger charge is -2.04. The van der Waals surface area contributed by atoms with Gasteiger partial charge >= 0.3 is 0 Å². The molecular formula is C7H5ClF3NO. The van der Waals surface area contributed by atoms with Gasteiger partial charge in [0.2, 0.25) is 5.95 Å². The Labute approximate surface area is 77.0 Å². The van der Waals surface area contributed by atoms with Crippen molar-refractivity contribution in [2.24, 2.45) is 0 Å². The summed E-state index contributed by atoms with van der Waals surface area (Å²) in [5.74, 6) is -2.05. The first-order valence-corrected chi connectivity index (χ1v) is 3.82. The van der Waals surface area contributed by atoms with E-state index >= 15 is 0 Å². The fourth-order valence-electron chi connectivity index (χ4n) is 0.788. The first-order chi connectivity index (χ1) is 6.06. The van der Waals surface area contributed by atoms with Gasteiger partial charge in [-0.2, -0.15) is 4.39 Å². The number of alkyl halides is 3. The van der Waals surface area contributed by atoms with Crippen molar-refractivity contribution in [3.05, 3.63) is 23.3 Å². The van der Waals surface area contributed by atoms with Crippen LogP contribution in [0.3, 0.4) is 0 Å². The van der Waals surface area contributed by atoms with Gasteiger partial charge in [0.05, 0.1) is 5.88 Å². The molecule has 0 amide bonds. The molecule has 72 valence electrons. The zero-order chi connectivity index (χ0) is 10.0. The summed E-state index contributed by atoms with van der Waals surface area (Å²) < 4.78 is 36.8. The molecule has 0 atom stereocenters. The SMILES string of the molecule is Oc1cc(CCl)c(F)nc1C(F)F. The molecule has 0 bridgehead atoms. The van der Waals surface area contributed by atoms with Crippen LogP contribution in [0.15, 0.2) is 6.07 Å². The summed E-state index contributed by atoms with van der Waals surface area (Å²) in [6.45, 7) is 0. The van der Waals surface area contributed by atoms with E-state index < -0.39 is 23.8 Å². The van der Waals surface area contributed by atoms with Gasteiger partial charge in [-0.1, -0.05) is 0 Å². The van der Waals surface area contributed by atoms with E-state index in [9.17, 15) is 13.2 Å². The zero-order valence-electron chi connectivity index (χ0n) is 6.27. The Balaban J connectivity index is 3.20. The van der Waals surface area contributed by atoms with Gasteiger partial charge < -0.3 is 5.11 Å². The number of hydrogen-bond donors (Lipinski definition) is 1. The van der Waals surface area contributed by atoms with E-state index in [1.54, 1.807) is 0 Å². The molecule has 0 aliphatic carbocycles. The summed E-state index contributed by atoms with van der Waals surface area (Å²) in [6, 6.07) is 0.844. The second-order valence-corrected chi connectivity index (χ2v) is 2.54. The minimum absolute atomic E-state index is 0.108. The van der Waals surface area contributed by atoms with Gasteiger partial charge in [-0.15, -0.1) is 11.6 Å². The van der Waals surface area contributed by atoms with Crippen molar-refractivity contribution in [2.45, 2.75) is 12.3 Å². The molecule has 0 radical (unpaired) electrons. The van der Waals surface area contributed by atoms with Gasteiger partial charge in [-0.25, -0.2) is 13.8 Å². The van der Waals surface area contributed by atoms with E-state index in [-0.39, 0.29) is 11.4 Å². The Morgan fingerprint density at radius 3 is 2.62 bits per heavy atom. The molecular weight excluding hydrogens is 207 g/mol. The van der Waals surface area contributed by atoms with Gasteiger partial charge in [0, 0.05) is 5.56 Å². The van der Waals surface area contributed by atoms with Crippen LogP contribution in [-0.2, 0) is 5.88 Å². The number of nitrogens with zero attached hydrogens (tertiary/aromatic N) is 1. The van der Waals surface area contributed by atoms with Gasteiger partial charge in [0.15, 0.2) is 5.69 Å². The highest BCUT2D eigenvalue weighted by atomic mass is 35.5. The number of aromatic hydroxyl groups is 1. The highest BCUT2D eigenvalue weighted by molar-refractivity contribution is 6.17. The molecule has 0 spiro atoms. The van der Waals surface area contributed by atoms with Crippen molar-refractivity contribution in [3.63, 3.8) is 0 Å². The van der Waals surface area contributed by atoms with Gasteiger partial charge in [-0.05, 0) is 6.07 Å². The minimum Gasteiger partial charge on any atom is -0.506 e.